The number of carbonyl (C=O) groups excluding carboxylic acids is 1. The zero-order valence-corrected chi connectivity index (χ0v) is 14.8. The maximum absolute atomic E-state index is 12.5. The van der Waals surface area contributed by atoms with Crippen LogP contribution in [0, 0.1) is 13.8 Å². The number of hydrogen-bond acceptors (Lipinski definition) is 5. The molecule has 0 saturated heterocycles. The number of carbonyl (C=O) groups is 1. The van der Waals surface area contributed by atoms with Crippen molar-refractivity contribution in [1.29, 1.82) is 0 Å². The fourth-order valence-corrected chi connectivity index (χ4v) is 2.68. The first-order chi connectivity index (χ1) is 12.5. The Balaban J connectivity index is 1.57. The molecular weight excluding hydrogens is 332 g/mol. The first-order valence-corrected chi connectivity index (χ1v) is 8.36. The van der Waals surface area contributed by atoms with Crippen molar-refractivity contribution in [3.05, 3.63) is 70.3 Å². The van der Waals surface area contributed by atoms with E-state index in [-0.39, 0.29) is 25.3 Å². The summed E-state index contributed by atoms with van der Waals surface area (Å²) in [6, 6.07) is 14.6. The van der Waals surface area contributed by atoms with Gasteiger partial charge in [-0.2, -0.15) is 0 Å². The average molecular weight is 352 g/mol. The second-order valence-electron chi connectivity index (χ2n) is 5.96. The summed E-state index contributed by atoms with van der Waals surface area (Å²) in [5.74, 6) is 0.722. The van der Waals surface area contributed by atoms with Gasteiger partial charge >= 0.3 is 5.97 Å². The normalized spacial score (nSPS) is 10.7. The fraction of sp³-hybridized carbons (Fsp3) is 0.250. The van der Waals surface area contributed by atoms with Crippen molar-refractivity contribution in [1.82, 2.24) is 9.55 Å². The molecule has 134 valence electrons. The highest BCUT2D eigenvalue weighted by Crippen LogP contribution is 2.12. The van der Waals surface area contributed by atoms with Crippen LogP contribution in [0.3, 0.4) is 0 Å². The second kappa shape index (κ2) is 7.82. The number of esters is 1. The Bertz CT molecular complexity index is 995. The van der Waals surface area contributed by atoms with Crippen molar-refractivity contribution < 1.29 is 14.3 Å². The van der Waals surface area contributed by atoms with Crippen molar-refractivity contribution >= 4 is 16.9 Å². The van der Waals surface area contributed by atoms with Crippen molar-refractivity contribution in [2.75, 3.05) is 13.2 Å². The van der Waals surface area contributed by atoms with Gasteiger partial charge in [-0.15, -0.1) is 0 Å². The zero-order valence-electron chi connectivity index (χ0n) is 14.8. The summed E-state index contributed by atoms with van der Waals surface area (Å²) in [6.45, 7) is 3.86. The van der Waals surface area contributed by atoms with Gasteiger partial charge in [-0.05, 0) is 43.7 Å². The molecule has 0 unspecified atom stereocenters. The van der Waals surface area contributed by atoms with E-state index in [0.717, 1.165) is 5.56 Å². The van der Waals surface area contributed by atoms with E-state index in [2.05, 4.69) is 4.98 Å². The van der Waals surface area contributed by atoms with Crippen LogP contribution < -0.4 is 10.3 Å². The van der Waals surface area contributed by atoms with Crippen molar-refractivity contribution in [2.45, 2.75) is 20.4 Å². The molecular formula is C20H20N2O4. The van der Waals surface area contributed by atoms with E-state index >= 15 is 0 Å². The standard InChI is InChI=1S/C20H20N2O4/c1-14-6-5-7-16(12-14)26-13-19(23)25-11-10-22-15(2)21-18-9-4-3-8-17(18)20(22)24/h3-9,12H,10-11,13H2,1-2H3. The van der Waals surface area contributed by atoms with Gasteiger partial charge in [-0.25, -0.2) is 9.78 Å². The summed E-state index contributed by atoms with van der Waals surface area (Å²) in [5.41, 5.74) is 1.57. The minimum atomic E-state index is -0.481. The summed E-state index contributed by atoms with van der Waals surface area (Å²) in [6.07, 6.45) is 0. The average Bonchev–Trinajstić information content (AvgIpc) is 2.63. The van der Waals surface area contributed by atoms with E-state index in [1.54, 1.807) is 31.2 Å². The van der Waals surface area contributed by atoms with Gasteiger partial charge < -0.3 is 9.47 Å². The molecule has 0 aliphatic heterocycles. The maximum atomic E-state index is 12.5. The van der Waals surface area contributed by atoms with Crippen LogP contribution in [-0.4, -0.2) is 28.7 Å². The van der Waals surface area contributed by atoms with E-state index in [9.17, 15) is 9.59 Å². The molecule has 1 aromatic heterocycles. The summed E-state index contributed by atoms with van der Waals surface area (Å²) in [4.78, 5) is 28.8. The number of aryl methyl sites for hydroxylation is 2. The Morgan fingerprint density at radius 1 is 1.12 bits per heavy atom. The number of fused-ring (bicyclic) bond motifs is 1. The van der Waals surface area contributed by atoms with Gasteiger partial charge in [-0.3, -0.25) is 9.36 Å². The third-order valence-electron chi connectivity index (χ3n) is 3.98. The lowest BCUT2D eigenvalue weighted by Crippen LogP contribution is -2.27. The van der Waals surface area contributed by atoms with Gasteiger partial charge in [0.25, 0.3) is 5.56 Å². The highest BCUT2D eigenvalue weighted by Gasteiger charge is 2.09. The van der Waals surface area contributed by atoms with Crippen LogP contribution in [0.5, 0.6) is 5.75 Å². The summed E-state index contributed by atoms with van der Waals surface area (Å²) < 4.78 is 12.1. The summed E-state index contributed by atoms with van der Waals surface area (Å²) >= 11 is 0. The lowest BCUT2D eigenvalue weighted by molar-refractivity contribution is -0.146. The van der Waals surface area contributed by atoms with Gasteiger partial charge in [-0.1, -0.05) is 24.3 Å². The number of rotatable bonds is 6. The quantitative estimate of drug-likeness (QED) is 0.638. The number of benzene rings is 2. The van der Waals surface area contributed by atoms with Crippen LogP contribution >= 0.6 is 0 Å². The fourth-order valence-electron chi connectivity index (χ4n) is 2.68. The monoisotopic (exact) mass is 352 g/mol. The lowest BCUT2D eigenvalue weighted by Gasteiger charge is -2.11. The molecule has 0 aliphatic carbocycles. The van der Waals surface area contributed by atoms with E-state index in [4.69, 9.17) is 9.47 Å². The van der Waals surface area contributed by atoms with Gasteiger partial charge in [0.15, 0.2) is 6.61 Å². The number of hydrogen-bond donors (Lipinski definition) is 0. The van der Waals surface area contributed by atoms with Crippen molar-refractivity contribution in [3.8, 4) is 5.75 Å². The van der Waals surface area contributed by atoms with E-state index in [1.807, 2.05) is 31.2 Å². The van der Waals surface area contributed by atoms with Gasteiger partial charge in [0.1, 0.15) is 18.2 Å². The Morgan fingerprint density at radius 3 is 2.73 bits per heavy atom. The van der Waals surface area contributed by atoms with Crippen LogP contribution in [0.4, 0.5) is 0 Å². The molecule has 0 bridgehead atoms. The van der Waals surface area contributed by atoms with Gasteiger partial charge in [0.2, 0.25) is 0 Å². The highest BCUT2D eigenvalue weighted by atomic mass is 16.6. The van der Waals surface area contributed by atoms with Crippen molar-refractivity contribution in [2.24, 2.45) is 0 Å². The Morgan fingerprint density at radius 2 is 1.92 bits per heavy atom. The SMILES string of the molecule is Cc1cccc(OCC(=O)OCCn2c(C)nc3ccccc3c2=O)c1. The first kappa shape index (κ1) is 17.7. The molecule has 0 fully saturated rings. The minimum absolute atomic E-state index is 0.0801. The number of nitrogens with zero attached hydrogens (tertiary/aromatic N) is 2. The molecule has 0 radical (unpaired) electrons. The number of para-hydroxylation sites is 1. The molecule has 0 spiro atoms. The predicted octanol–water partition coefficient (Wildman–Crippen LogP) is 2.64. The largest absolute Gasteiger partial charge is 0.482 e. The highest BCUT2D eigenvalue weighted by molar-refractivity contribution is 5.77. The van der Waals surface area contributed by atoms with Crippen LogP contribution in [0.2, 0.25) is 0 Å². The molecule has 3 aromatic rings. The minimum Gasteiger partial charge on any atom is -0.482 e. The van der Waals surface area contributed by atoms with Crippen LogP contribution in [0.15, 0.2) is 53.3 Å². The van der Waals surface area contributed by atoms with E-state index in [0.29, 0.717) is 22.5 Å². The zero-order chi connectivity index (χ0) is 18.5. The van der Waals surface area contributed by atoms with E-state index in [1.165, 1.54) is 4.57 Å². The van der Waals surface area contributed by atoms with Crippen LogP contribution in [0.1, 0.15) is 11.4 Å². The topological polar surface area (TPSA) is 70.4 Å². The summed E-state index contributed by atoms with van der Waals surface area (Å²) in [7, 11) is 0. The Kier molecular flexibility index (Phi) is 5.31. The maximum Gasteiger partial charge on any atom is 0.344 e. The lowest BCUT2D eigenvalue weighted by atomic mass is 10.2. The van der Waals surface area contributed by atoms with Crippen LogP contribution in [-0.2, 0) is 16.1 Å². The third kappa shape index (κ3) is 4.08. The predicted molar refractivity (Wildman–Crippen MR) is 98.4 cm³/mol. The Labute approximate surface area is 151 Å². The molecule has 0 N–H and O–H groups in total. The number of ether oxygens (including phenoxy) is 2. The number of aromatic nitrogens is 2. The molecule has 2 aromatic carbocycles. The van der Waals surface area contributed by atoms with E-state index < -0.39 is 5.97 Å². The molecule has 1 heterocycles. The molecule has 0 atom stereocenters. The smallest absolute Gasteiger partial charge is 0.344 e. The molecule has 6 nitrogen and oxygen atoms in total. The van der Waals surface area contributed by atoms with Gasteiger partial charge in [0, 0.05) is 0 Å². The van der Waals surface area contributed by atoms with Crippen molar-refractivity contribution in [3.63, 3.8) is 0 Å². The first-order valence-electron chi connectivity index (χ1n) is 8.36. The molecule has 6 heteroatoms. The molecule has 0 aliphatic rings. The molecule has 0 amide bonds. The van der Waals surface area contributed by atoms with Crippen LogP contribution in [0.25, 0.3) is 10.9 Å². The molecule has 26 heavy (non-hydrogen) atoms. The Hall–Kier alpha value is -3.15. The summed E-state index contributed by atoms with van der Waals surface area (Å²) in [5, 5.41) is 0.548. The second-order valence-corrected chi connectivity index (χ2v) is 5.96. The third-order valence-corrected chi connectivity index (χ3v) is 3.98. The molecule has 3 rings (SSSR count). The molecule has 0 saturated carbocycles. The van der Waals surface area contributed by atoms with Gasteiger partial charge in [0.05, 0.1) is 17.4 Å².